The van der Waals surface area contributed by atoms with Crippen LogP contribution in [0.25, 0.3) is 0 Å². The van der Waals surface area contributed by atoms with Crippen molar-refractivity contribution in [1.82, 2.24) is 4.98 Å². The van der Waals surface area contributed by atoms with Gasteiger partial charge in [-0.25, -0.2) is 15.3 Å². The summed E-state index contributed by atoms with van der Waals surface area (Å²) < 4.78 is 0. The van der Waals surface area contributed by atoms with E-state index in [4.69, 9.17) is 0 Å². The Bertz CT molecular complexity index is 241. The number of carbonyl (C=O) groups excluding carboxylic acids is 1. The molecular weight excluding hydrogens is 130 g/mol. The van der Waals surface area contributed by atoms with Crippen LogP contribution in [-0.4, -0.2) is 10.9 Å². The Labute approximate surface area is 58.7 Å². The predicted octanol–water partition coefficient (Wildman–Crippen LogP) is 0.0956. The number of anilines is 1. The first kappa shape index (κ1) is 6.80. The Morgan fingerprint density at radius 3 is 2.90 bits per heavy atom. The van der Waals surface area contributed by atoms with Crippen LogP contribution in [0, 0.1) is 6.92 Å². The third-order valence-corrected chi connectivity index (χ3v) is 1.06. The molecule has 0 spiro atoms. The molecule has 4 heteroatoms. The summed E-state index contributed by atoms with van der Waals surface area (Å²) in [6.45, 7) is 3.37. The number of nitrogens with one attached hydrogen (secondary N) is 3. The van der Waals surface area contributed by atoms with Gasteiger partial charge in [-0.15, -0.1) is 0 Å². The molecular formula is C6H10N3O+. The Morgan fingerprint density at radius 2 is 2.50 bits per heavy atom. The maximum atomic E-state index is 10.5. The minimum Gasteiger partial charge on any atom is -0.257 e. The van der Waals surface area contributed by atoms with Crippen LogP contribution < -0.4 is 10.3 Å². The molecule has 0 fully saturated rings. The molecule has 0 saturated heterocycles. The summed E-state index contributed by atoms with van der Waals surface area (Å²) in [5.74, 6) is 0.545. The highest BCUT2D eigenvalue weighted by Crippen LogP contribution is 1.93. The van der Waals surface area contributed by atoms with Crippen LogP contribution >= 0.6 is 0 Å². The zero-order valence-electron chi connectivity index (χ0n) is 5.99. The summed E-state index contributed by atoms with van der Waals surface area (Å²) in [4.78, 5) is 16.2. The fourth-order valence-corrected chi connectivity index (χ4v) is 0.693. The van der Waals surface area contributed by atoms with Gasteiger partial charge in [0, 0.05) is 6.92 Å². The molecule has 4 nitrogen and oxygen atoms in total. The molecule has 10 heavy (non-hydrogen) atoms. The van der Waals surface area contributed by atoms with E-state index in [-0.39, 0.29) is 5.91 Å². The maximum Gasteiger partial charge on any atom is 0.359 e. The van der Waals surface area contributed by atoms with Crippen LogP contribution in [0.4, 0.5) is 5.95 Å². The van der Waals surface area contributed by atoms with Gasteiger partial charge in [0.15, 0.2) is 0 Å². The van der Waals surface area contributed by atoms with Crippen molar-refractivity contribution in [3.63, 3.8) is 0 Å². The molecule has 0 bridgehead atoms. The first-order chi connectivity index (χ1) is 4.68. The second-order valence-electron chi connectivity index (χ2n) is 2.15. The molecule has 1 amide bonds. The molecule has 1 aromatic rings. The highest BCUT2D eigenvalue weighted by molar-refractivity contribution is 5.85. The molecule has 0 radical (unpaired) electrons. The standard InChI is InChI=1S/C6H9N3O/c1-4-3-7-6(8-4)9-5(2)10/h3H,1-2H3,(H2,7,8,9,10)/p+1. The molecule has 3 N–H and O–H groups in total. The summed E-state index contributed by atoms with van der Waals surface area (Å²) in [6, 6.07) is 0. The molecule has 1 aromatic heterocycles. The van der Waals surface area contributed by atoms with Crippen LogP contribution in [0.15, 0.2) is 6.20 Å². The number of aromatic amines is 2. The van der Waals surface area contributed by atoms with E-state index >= 15 is 0 Å². The zero-order chi connectivity index (χ0) is 7.56. The van der Waals surface area contributed by atoms with Gasteiger partial charge in [-0.1, -0.05) is 0 Å². The number of imidazole rings is 1. The smallest absolute Gasteiger partial charge is 0.257 e. The third-order valence-electron chi connectivity index (χ3n) is 1.06. The Hall–Kier alpha value is -1.32. The number of aromatic nitrogens is 2. The lowest BCUT2D eigenvalue weighted by molar-refractivity contribution is -0.358. The molecule has 0 aliphatic heterocycles. The molecule has 0 aliphatic carbocycles. The average molecular weight is 140 g/mol. The van der Waals surface area contributed by atoms with E-state index in [0.717, 1.165) is 5.69 Å². The van der Waals surface area contributed by atoms with Crippen LogP contribution in [-0.2, 0) is 4.79 Å². The fraction of sp³-hybridized carbons (Fsp3) is 0.333. The van der Waals surface area contributed by atoms with Crippen molar-refractivity contribution >= 4 is 11.9 Å². The van der Waals surface area contributed by atoms with Crippen LogP contribution in [0.2, 0.25) is 0 Å². The summed E-state index contributed by atoms with van der Waals surface area (Å²) in [5, 5.41) is 2.58. The van der Waals surface area contributed by atoms with Gasteiger partial charge >= 0.3 is 5.95 Å². The van der Waals surface area contributed by atoms with Crippen molar-refractivity contribution in [2.45, 2.75) is 13.8 Å². The van der Waals surface area contributed by atoms with E-state index in [1.165, 1.54) is 6.92 Å². The molecule has 54 valence electrons. The molecule has 0 saturated carbocycles. The third kappa shape index (κ3) is 1.58. The van der Waals surface area contributed by atoms with Crippen LogP contribution in [0.5, 0.6) is 0 Å². The van der Waals surface area contributed by atoms with Crippen LogP contribution in [0.3, 0.4) is 0 Å². The van der Waals surface area contributed by atoms with Crippen molar-refractivity contribution in [3.05, 3.63) is 11.9 Å². The highest BCUT2D eigenvalue weighted by Gasteiger charge is 2.04. The van der Waals surface area contributed by atoms with Crippen molar-refractivity contribution in [2.75, 3.05) is 5.32 Å². The van der Waals surface area contributed by atoms with E-state index < -0.39 is 0 Å². The van der Waals surface area contributed by atoms with E-state index in [1.54, 1.807) is 6.20 Å². The summed E-state index contributed by atoms with van der Waals surface area (Å²) in [6.07, 6.45) is 1.78. The molecule has 1 heterocycles. The number of carbonyl (C=O) groups is 1. The summed E-state index contributed by atoms with van der Waals surface area (Å²) >= 11 is 0. The number of rotatable bonds is 1. The van der Waals surface area contributed by atoms with Crippen molar-refractivity contribution in [2.24, 2.45) is 0 Å². The Balaban J connectivity index is 2.67. The van der Waals surface area contributed by atoms with Gasteiger partial charge in [-0.3, -0.25) is 4.79 Å². The molecule has 0 atom stereocenters. The van der Waals surface area contributed by atoms with Crippen molar-refractivity contribution in [1.29, 1.82) is 0 Å². The largest absolute Gasteiger partial charge is 0.359 e. The van der Waals surface area contributed by atoms with E-state index in [9.17, 15) is 4.79 Å². The second kappa shape index (κ2) is 2.51. The lowest BCUT2D eigenvalue weighted by Crippen LogP contribution is -2.14. The molecule has 0 aliphatic rings. The van der Waals surface area contributed by atoms with Gasteiger partial charge in [-0.05, 0) is 6.92 Å². The number of amides is 1. The maximum absolute atomic E-state index is 10.5. The van der Waals surface area contributed by atoms with Crippen molar-refractivity contribution in [3.8, 4) is 0 Å². The van der Waals surface area contributed by atoms with Gasteiger partial charge in [0.2, 0.25) is 0 Å². The first-order valence-electron chi connectivity index (χ1n) is 3.03. The topological polar surface area (TPSA) is 59.0 Å². The van der Waals surface area contributed by atoms with Crippen LogP contribution in [0.1, 0.15) is 12.6 Å². The Kier molecular flexibility index (Phi) is 1.71. The molecule has 0 aromatic carbocycles. The molecule has 1 rings (SSSR count). The van der Waals surface area contributed by atoms with Gasteiger partial charge < -0.3 is 0 Å². The lowest BCUT2D eigenvalue weighted by atomic mass is 10.6. The fourth-order valence-electron chi connectivity index (χ4n) is 0.693. The first-order valence-corrected chi connectivity index (χ1v) is 3.03. The predicted molar refractivity (Wildman–Crippen MR) is 36.4 cm³/mol. The SMILES string of the molecule is CC(=O)Nc1[nH]c(C)c[nH+]1. The van der Waals surface area contributed by atoms with Gasteiger partial charge in [0.05, 0.1) is 6.20 Å². The number of hydrogen-bond donors (Lipinski definition) is 2. The van der Waals surface area contributed by atoms with E-state index in [1.807, 2.05) is 6.92 Å². The normalized spacial score (nSPS) is 9.40. The number of H-pyrrole nitrogens is 2. The minimum atomic E-state index is -0.0851. The summed E-state index contributed by atoms with van der Waals surface area (Å²) in [5.41, 5.74) is 0.990. The number of hydrogen-bond acceptors (Lipinski definition) is 1. The quantitative estimate of drug-likeness (QED) is 0.571. The van der Waals surface area contributed by atoms with E-state index in [2.05, 4.69) is 15.3 Å². The van der Waals surface area contributed by atoms with Gasteiger partial charge in [-0.2, -0.15) is 0 Å². The van der Waals surface area contributed by atoms with Crippen molar-refractivity contribution < 1.29 is 9.78 Å². The zero-order valence-corrected chi connectivity index (χ0v) is 5.99. The lowest BCUT2D eigenvalue weighted by Gasteiger charge is -1.84. The highest BCUT2D eigenvalue weighted by atomic mass is 16.1. The average Bonchev–Trinajstić information content (AvgIpc) is 2.13. The van der Waals surface area contributed by atoms with Gasteiger partial charge in [0.1, 0.15) is 5.69 Å². The second-order valence-corrected chi connectivity index (χ2v) is 2.15. The summed E-state index contributed by atoms with van der Waals surface area (Å²) in [7, 11) is 0. The minimum absolute atomic E-state index is 0.0851. The number of aryl methyl sites for hydroxylation is 1. The monoisotopic (exact) mass is 140 g/mol. The Morgan fingerprint density at radius 1 is 1.80 bits per heavy atom. The molecule has 0 unspecified atom stereocenters. The van der Waals surface area contributed by atoms with E-state index in [0.29, 0.717) is 5.95 Å². The van der Waals surface area contributed by atoms with Gasteiger partial charge in [0.25, 0.3) is 5.91 Å².